The third kappa shape index (κ3) is 5.95. The number of hydrogen-bond acceptors (Lipinski definition) is 3. The second kappa shape index (κ2) is 9.56. The molecule has 1 fully saturated rings. The standard InChI is InChI=1S/C25H19F7N2O3/c1-12-9-17-13(5-7-16(21(17)37-12)23(36)33-19-11-18(19)26)6-8-20(35)34-22(25(30,31)32)14-3-2-4-15(10-14)24(27,28)29/h2-10,18-19,22H,11H2,1H3,(H,33,36)(H,34,35)/b8-6+/t18-,19-,22?/m0/s1. The van der Waals surface area contributed by atoms with Crippen molar-refractivity contribution in [2.75, 3.05) is 0 Å². The molecule has 2 amide bonds. The molecule has 0 aliphatic heterocycles. The number of carbonyl (C=O) groups excluding carboxylic acids is 2. The molecule has 5 nitrogen and oxygen atoms in total. The van der Waals surface area contributed by atoms with Gasteiger partial charge in [-0.3, -0.25) is 9.59 Å². The van der Waals surface area contributed by atoms with Gasteiger partial charge in [-0.2, -0.15) is 26.3 Å². The maximum absolute atomic E-state index is 13.6. The van der Waals surface area contributed by atoms with Crippen molar-refractivity contribution < 1.29 is 44.7 Å². The van der Waals surface area contributed by atoms with E-state index in [0.29, 0.717) is 28.8 Å². The number of fused-ring (bicyclic) bond motifs is 1. The van der Waals surface area contributed by atoms with Crippen molar-refractivity contribution >= 4 is 28.9 Å². The van der Waals surface area contributed by atoms with E-state index in [1.54, 1.807) is 18.3 Å². The Balaban J connectivity index is 1.57. The van der Waals surface area contributed by atoms with E-state index in [1.807, 2.05) is 0 Å². The van der Waals surface area contributed by atoms with E-state index >= 15 is 0 Å². The zero-order chi connectivity index (χ0) is 27.1. The average Bonchev–Trinajstić information content (AvgIpc) is 3.34. The Kier molecular flexibility index (Phi) is 6.78. The number of carbonyl (C=O) groups is 2. The molecule has 1 aliphatic rings. The Bertz CT molecular complexity index is 1370. The average molecular weight is 528 g/mol. The molecule has 1 aromatic heterocycles. The molecule has 37 heavy (non-hydrogen) atoms. The molecule has 0 saturated heterocycles. The number of aryl methyl sites for hydroxylation is 1. The monoisotopic (exact) mass is 528 g/mol. The van der Waals surface area contributed by atoms with E-state index in [4.69, 9.17) is 4.42 Å². The number of hydrogen-bond donors (Lipinski definition) is 2. The summed E-state index contributed by atoms with van der Waals surface area (Å²) in [4.78, 5) is 24.8. The molecule has 12 heteroatoms. The largest absolute Gasteiger partial charge is 0.461 e. The van der Waals surface area contributed by atoms with E-state index < -0.39 is 53.5 Å². The van der Waals surface area contributed by atoms with Gasteiger partial charge in [0.05, 0.1) is 17.2 Å². The zero-order valence-corrected chi connectivity index (χ0v) is 19.0. The fraction of sp³-hybridized carbons (Fsp3) is 0.280. The van der Waals surface area contributed by atoms with Crippen molar-refractivity contribution in [2.45, 2.75) is 44.0 Å². The van der Waals surface area contributed by atoms with Gasteiger partial charge in [0.15, 0.2) is 6.04 Å². The first-order valence-electron chi connectivity index (χ1n) is 10.9. The first kappa shape index (κ1) is 26.2. The van der Waals surface area contributed by atoms with E-state index in [0.717, 1.165) is 18.2 Å². The molecule has 1 heterocycles. The van der Waals surface area contributed by atoms with Crippen LogP contribution in [0.3, 0.4) is 0 Å². The third-order valence-corrected chi connectivity index (χ3v) is 5.69. The van der Waals surface area contributed by atoms with Crippen LogP contribution in [0.1, 0.15) is 45.3 Å². The van der Waals surface area contributed by atoms with Crippen molar-refractivity contribution in [1.29, 1.82) is 0 Å². The summed E-state index contributed by atoms with van der Waals surface area (Å²) in [5, 5.41) is 4.60. The SMILES string of the molecule is Cc1cc2c(/C=C/C(=O)NC(c3cccc(C(F)(F)F)c3)C(F)(F)F)ccc(C(=O)N[C@H]3C[C@@H]3F)c2o1. The smallest absolute Gasteiger partial charge is 0.416 e. The fourth-order valence-electron chi connectivity index (χ4n) is 3.76. The van der Waals surface area contributed by atoms with Crippen LogP contribution in [0.15, 0.2) is 53.0 Å². The van der Waals surface area contributed by atoms with Gasteiger partial charge in [-0.25, -0.2) is 4.39 Å². The molecule has 1 saturated carbocycles. The quantitative estimate of drug-likeness (QED) is 0.303. The third-order valence-electron chi connectivity index (χ3n) is 5.69. The summed E-state index contributed by atoms with van der Waals surface area (Å²) in [6.45, 7) is 1.60. The van der Waals surface area contributed by atoms with Crippen LogP contribution in [-0.2, 0) is 11.0 Å². The summed E-state index contributed by atoms with van der Waals surface area (Å²) in [5.41, 5.74) is -1.47. The first-order valence-corrected chi connectivity index (χ1v) is 10.9. The summed E-state index contributed by atoms with van der Waals surface area (Å²) in [5.74, 6) is -1.37. The lowest BCUT2D eigenvalue weighted by molar-refractivity contribution is -0.162. The van der Waals surface area contributed by atoms with Gasteiger partial charge in [0, 0.05) is 17.9 Å². The summed E-state index contributed by atoms with van der Waals surface area (Å²) in [6.07, 6.45) is -8.86. The molecule has 3 aromatic rings. The molecular weight excluding hydrogens is 509 g/mol. The van der Waals surface area contributed by atoms with Gasteiger partial charge in [-0.1, -0.05) is 18.2 Å². The highest BCUT2D eigenvalue weighted by molar-refractivity contribution is 6.07. The van der Waals surface area contributed by atoms with Crippen LogP contribution >= 0.6 is 0 Å². The highest BCUT2D eigenvalue weighted by Gasteiger charge is 2.43. The minimum absolute atomic E-state index is 0.116. The van der Waals surface area contributed by atoms with E-state index in [-0.39, 0.29) is 17.6 Å². The molecule has 4 rings (SSSR count). The van der Waals surface area contributed by atoms with Gasteiger partial charge in [-0.05, 0) is 48.4 Å². The van der Waals surface area contributed by atoms with Crippen LogP contribution in [0.4, 0.5) is 30.7 Å². The van der Waals surface area contributed by atoms with Crippen LogP contribution in [-0.4, -0.2) is 30.2 Å². The predicted octanol–water partition coefficient (Wildman–Crippen LogP) is 6.03. The van der Waals surface area contributed by atoms with Gasteiger partial charge >= 0.3 is 12.4 Å². The number of amides is 2. The lowest BCUT2D eigenvalue weighted by Gasteiger charge is -2.22. The Morgan fingerprint density at radius 3 is 2.41 bits per heavy atom. The van der Waals surface area contributed by atoms with Crippen LogP contribution in [0, 0.1) is 6.92 Å². The van der Waals surface area contributed by atoms with E-state index in [2.05, 4.69) is 5.32 Å². The molecular formula is C25H19F7N2O3. The maximum Gasteiger partial charge on any atom is 0.416 e. The zero-order valence-electron chi connectivity index (χ0n) is 19.0. The Hall–Kier alpha value is -3.83. The topological polar surface area (TPSA) is 71.3 Å². The van der Waals surface area contributed by atoms with Crippen molar-refractivity contribution in [1.82, 2.24) is 10.6 Å². The molecule has 1 unspecified atom stereocenters. The second-order valence-electron chi connectivity index (χ2n) is 8.57. The molecule has 2 aromatic carbocycles. The van der Waals surface area contributed by atoms with Gasteiger partial charge in [0.25, 0.3) is 5.91 Å². The van der Waals surface area contributed by atoms with Gasteiger partial charge < -0.3 is 15.1 Å². The minimum Gasteiger partial charge on any atom is -0.461 e. The highest BCUT2D eigenvalue weighted by Crippen LogP contribution is 2.36. The van der Waals surface area contributed by atoms with Gasteiger partial charge in [0.1, 0.15) is 17.5 Å². The maximum atomic E-state index is 13.6. The van der Waals surface area contributed by atoms with Crippen LogP contribution in [0.25, 0.3) is 17.0 Å². The number of nitrogens with one attached hydrogen (secondary N) is 2. The molecule has 0 radical (unpaired) electrons. The lowest BCUT2D eigenvalue weighted by Crippen LogP contribution is -2.37. The van der Waals surface area contributed by atoms with E-state index in [1.165, 1.54) is 18.2 Å². The first-order chi connectivity index (χ1) is 17.2. The molecule has 0 bridgehead atoms. The van der Waals surface area contributed by atoms with Crippen molar-refractivity contribution in [3.63, 3.8) is 0 Å². The van der Waals surface area contributed by atoms with Crippen molar-refractivity contribution in [3.8, 4) is 0 Å². The molecule has 1 aliphatic carbocycles. The van der Waals surface area contributed by atoms with Crippen molar-refractivity contribution in [2.24, 2.45) is 0 Å². The summed E-state index contributed by atoms with van der Waals surface area (Å²) >= 11 is 0. The highest BCUT2D eigenvalue weighted by atomic mass is 19.4. The lowest BCUT2D eigenvalue weighted by atomic mass is 10.0. The number of furan rings is 1. The summed E-state index contributed by atoms with van der Waals surface area (Å²) in [7, 11) is 0. The van der Waals surface area contributed by atoms with Crippen LogP contribution in [0.5, 0.6) is 0 Å². The Morgan fingerprint density at radius 1 is 1.08 bits per heavy atom. The number of halogens is 7. The molecule has 2 N–H and O–H groups in total. The summed E-state index contributed by atoms with van der Waals surface area (Å²) < 4.78 is 98.4. The molecule has 0 spiro atoms. The number of benzene rings is 2. The van der Waals surface area contributed by atoms with Crippen LogP contribution in [0.2, 0.25) is 0 Å². The predicted molar refractivity (Wildman–Crippen MR) is 119 cm³/mol. The second-order valence-corrected chi connectivity index (χ2v) is 8.57. The van der Waals surface area contributed by atoms with Crippen molar-refractivity contribution in [3.05, 3.63) is 76.6 Å². The Labute approximate surface area is 205 Å². The molecule has 196 valence electrons. The molecule has 3 atom stereocenters. The normalized spacial score (nSPS) is 18.7. The van der Waals surface area contributed by atoms with E-state index in [9.17, 15) is 40.3 Å². The number of rotatable bonds is 6. The minimum atomic E-state index is -5.07. The number of alkyl halides is 7. The Morgan fingerprint density at radius 2 is 1.78 bits per heavy atom. The van der Waals surface area contributed by atoms with Gasteiger partial charge in [0.2, 0.25) is 5.91 Å². The van der Waals surface area contributed by atoms with Crippen LogP contribution < -0.4 is 10.6 Å². The van der Waals surface area contributed by atoms with Gasteiger partial charge in [-0.15, -0.1) is 0 Å². The summed E-state index contributed by atoms with van der Waals surface area (Å²) in [6, 6.07) is 3.71. The fourth-order valence-corrected chi connectivity index (χ4v) is 3.76.